The van der Waals surface area contributed by atoms with Gasteiger partial charge in [0.05, 0.1) is 18.2 Å². The summed E-state index contributed by atoms with van der Waals surface area (Å²) in [4.78, 5) is 19.2. The molecule has 0 bridgehead atoms. The fraction of sp³-hybridized carbons (Fsp3) is 0.765. The van der Waals surface area contributed by atoms with Crippen molar-refractivity contribution < 1.29 is 9.53 Å². The van der Waals surface area contributed by atoms with Gasteiger partial charge >= 0.3 is 0 Å². The van der Waals surface area contributed by atoms with Crippen LogP contribution in [0.5, 0.6) is 0 Å². The Kier molecular flexibility index (Phi) is 5.14. The maximum absolute atomic E-state index is 12.7. The highest BCUT2D eigenvalue weighted by atomic mass is 32.1. The molecule has 2 heterocycles. The van der Waals surface area contributed by atoms with Gasteiger partial charge in [-0.25, -0.2) is 4.98 Å². The first-order chi connectivity index (χ1) is 10.6. The van der Waals surface area contributed by atoms with E-state index in [1.165, 1.54) is 19.3 Å². The third-order valence-electron chi connectivity index (χ3n) is 4.75. The van der Waals surface area contributed by atoms with Gasteiger partial charge in [0, 0.05) is 30.8 Å². The van der Waals surface area contributed by atoms with E-state index in [0.29, 0.717) is 30.7 Å². The molecule has 1 aliphatic heterocycles. The summed E-state index contributed by atoms with van der Waals surface area (Å²) < 4.78 is 5.73. The molecule has 2 aliphatic rings. The van der Waals surface area contributed by atoms with Crippen molar-refractivity contribution in [2.75, 3.05) is 26.3 Å². The number of amides is 1. The van der Waals surface area contributed by atoms with E-state index in [4.69, 9.17) is 4.74 Å². The molecule has 22 heavy (non-hydrogen) atoms. The fourth-order valence-corrected chi connectivity index (χ4v) is 4.21. The molecule has 0 N–H and O–H groups in total. The van der Waals surface area contributed by atoms with E-state index < -0.39 is 0 Å². The molecule has 0 unspecified atom stereocenters. The zero-order valence-corrected chi connectivity index (χ0v) is 14.4. The maximum Gasteiger partial charge on any atom is 0.273 e. The van der Waals surface area contributed by atoms with Crippen LogP contribution in [0.2, 0.25) is 0 Å². The number of ether oxygens (including phenoxy) is 1. The zero-order valence-electron chi connectivity index (χ0n) is 13.6. The predicted molar refractivity (Wildman–Crippen MR) is 88.2 cm³/mol. The number of aromatic nitrogens is 1. The number of hydrogen-bond acceptors (Lipinski definition) is 4. The van der Waals surface area contributed by atoms with Crippen LogP contribution in [-0.2, 0) is 11.2 Å². The van der Waals surface area contributed by atoms with Crippen molar-refractivity contribution in [2.45, 2.75) is 39.5 Å². The van der Waals surface area contributed by atoms with Crippen molar-refractivity contribution in [3.05, 3.63) is 16.1 Å². The van der Waals surface area contributed by atoms with Gasteiger partial charge in [0.25, 0.3) is 5.91 Å². The molecular formula is C17H26N2O2S. The summed E-state index contributed by atoms with van der Waals surface area (Å²) in [6, 6.07) is 0. The standard InChI is InChI=1S/C17H26N2O2S/c1-12(2)8-16-18-15(11-22-16)17(20)19-6-7-21-10-14(9-19)13-4-3-5-13/h11-14H,3-10H2,1-2H3/t14-/m0/s1. The van der Waals surface area contributed by atoms with Crippen molar-refractivity contribution in [1.82, 2.24) is 9.88 Å². The van der Waals surface area contributed by atoms with Crippen molar-refractivity contribution in [2.24, 2.45) is 17.8 Å². The minimum Gasteiger partial charge on any atom is -0.379 e. The molecule has 5 heteroatoms. The lowest BCUT2D eigenvalue weighted by atomic mass is 9.76. The van der Waals surface area contributed by atoms with Crippen LogP contribution in [0.1, 0.15) is 48.6 Å². The third kappa shape index (κ3) is 3.69. The zero-order chi connectivity index (χ0) is 15.5. The van der Waals surface area contributed by atoms with Crippen LogP contribution in [0.4, 0.5) is 0 Å². The maximum atomic E-state index is 12.7. The molecule has 1 saturated carbocycles. The summed E-state index contributed by atoms with van der Waals surface area (Å²) in [5, 5.41) is 2.99. The molecule has 1 amide bonds. The van der Waals surface area contributed by atoms with E-state index in [0.717, 1.165) is 30.5 Å². The predicted octanol–water partition coefficient (Wildman–Crippen LogP) is 3.23. The SMILES string of the molecule is CC(C)Cc1nc(C(=O)N2CCOC[C@@H](C3CCC3)C2)cs1. The van der Waals surface area contributed by atoms with Crippen molar-refractivity contribution in [3.63, 3.8) is 0 Å². The molecule has 1 saturated heterocycles. The minimum atomic E-state index is 0.0843. The second kappa shape index (κ2) is 7.09. The Labute approximate surface area is 136 Å². The molecular weight excluding hydrogens is 296 g/mol. The Hall–Kier alpha value is -0.940. The normalized spacial score (nSPS) is 23.4. The average molecular weight is 322 g/mol. The molecule has 1 aromatic rings. The second-order valence-corrected chi connectivity index (χ2v) is 7.94. The number of carbonyl (C=O) groups is 1. The molecule has 0 radical (unpaired) electrons. The van der Waals surface area contributed by atoms with Gasteiger partial charge in [-0.3, -0.25) is 4.79 Å². The number of hydrogen-bond donors (Lipinski definition) is 0. The monoisotopic (exact) mass is 322 g/mol. The molecule has 0 spiro atoms. The Morgan fingerprint density at radius 2 is 2.27 bits per heavy atom. The summed E-state index contributed by atoms with van der Waals surface area (Å²) in [6.07, 6.45) is 4.88. The van der Waals surface area contributed by atoms with Gasteiger partial charge in [-0.1, -0.05) is 33.1 Å². The first-order valence-corrected chi connectivity index (χ1v) is 9.33. The van der Waals surface area contributed by atoms with Crippen LogP contribution in [0, 0.1) is 17.8 Å². The minimum absolute atomic E-state index is 0.0843. The second-order valence-electron chi connectivity index (χ2n) is 7.00. The van der Waals surface area contributed by atoms with E-state index in [9.17, 15) is 4.79 Å². The van der Waals surface area contributed by atoms with Gasteiger partial charge in [-0.15, -0.1) is 11.3 Å². The smallest absolute Gasteiger partial charge is 0.273 e. The Balaban J connectivity index is 1.65. The van der Waals surface area contributed by atoms with Crippen molar-refractivity contribution in [1.29, 1.82) is 0 Å². The molecule has 122 valence electrons. The first kappa shape index (κ1) is 15.9. The Morgan fingerprint density at radius 1 is 1.45 bits per heavy atom. The highest BCUT2D eigenvalue weighted by molar-refractivity contribution is 7.09. The summed E-state index contributed by atoms with van der Waals surface area (Å²) >= 11 is 1.61. The van der Waals surface area contributed by atoms with Crippen LogP contribution in [-0.4, -0.2) is 42.1 Å². The summed E-state index contributed by atoms with van der Waals surface area (Å²) in [6.45, 7) is 7.35. The van der Waals surface area contributed by atoms with Crippen molar-refractivity contribution >= 4 is 17.2 Å². The number of thiazole rings is 1. The van der Waals surface area contributed by atoms with Crippen LogP contribution in [0.25, 0.3) is 0 Å². The lowest BCUT2D eigenvalue weighted by Gasteiger charge is -2.34. The van der Waals surface area contributed by atoms with Gasteiger partial charge in [-0.05, 0) is 11.8 Å². The topological polar surface area (TPSA) is 42.4 Å². The Bertz CT molecular complexity index is 511. The third-order valence-corrected chi connectivity index (χ3v) is 5.62. The lowest BCUT2D eigenvalue weighted by molar-refractivity contribution is 0.0683. The quantitative estimate of drug-likeness (QED) is 0.855. The number of carbonyl (C=O) groups excluding carboxylic acids is 1. The van der Waals surface area contributed by atoms with E-state index in [1.54, 1.807) is 11.3 Å². The fourth-order valence-electron chi connectivity index (χ4n) is 3.23. The molecule has 0 aromatic carbocycles. The molecule has 1 aliphatic carbocycles. The van der Waals surface area contributed by atoms with Gasteiger partial charge in [-0.2, -0.15) is 0 Å². The van der Waals surface area contributed by atoms with Crippen LogP contribution >= 0.6 is 11.3 Å². The van der Waals surface area contributed by atoms with Gasteiger partial charge < -0.3 is 9.64 Å². The summed E-state index contributed by atoms with van der Waals surface area (Å²) in [5.74, 6) is 1.92. The molecule has 4 nitrogen and oxygen atoms in total. The lowest BCUT2D eigenvalue weighted by Crippen LogP contribution is -2.39. The summed E-state index contributed by atoms with van der Waals surface area (Å²) in [7, 11) is 0. The first-order valence-electron chi connectivity index (χ1n) is 8.45. The Morgan fingerprint density at radius 3 is 2.95 bits per heavy atom. The number of rotatable bonds is 4. The molecule has 1 atom stereocenters. The highest BCUT2D eigenvalue weighted by Crippen LogP contribution is 2.35. The van der Waals surface area contributed by atoms with Gasteiger partial charge in [0.2, 0.25) is 0 Å². The molecule has 2 fully saturated rings. The van der Waals surface area contributed by atoms with E-state index in [-0.39, 0.29) is 5.91 Å². The van der Waals surface area contributed by atoms with Gasteiger partial charge in [0.1, 0.15) is 5.69 Å². The number of nitrogens with zero attached hydrogens (tertiary/aromatic N) is 2. The van der Waals surface area contributed by atoms with Crippen LogP contribution in [0.3, 0.4) is 0 Å². The highest BCUT2D eigenvalue weighted by Gasteiger charge is 2.32. The molecule has 3 rings (SSSR count). The average Bonchev–Trinajstić information content (AvgIpc) is 2.73. The molecule has 1 aromatic heterocycles. The van der Waals surface area contributed by atoms with Crippen LogP contribution in [0.15, 0.2) is 5.38 Å². The van der Waals surface area contributed by atoms with E-state index >= 15 is 0 Å². The van der Waals surface area contributed by atoms with Crippen LogP contribution < -0.4 is 0 Å². The van der Waals surface area contributed by atoms with Crippen molar-refractivity contribution in [3.8, 4) is 0 Å². The summed E-state index contributed by atoms with van der Waals surface area (Å²) in [5.41, 5.74) is 0.620. The van der Waals surface area contributed by atoms with E-state index in [1.807, 2.05) is 10.3 Å². The van der Waals surface area contributed by atoms with E-state index in [2.05, 4.69) is 18.8 Å². The van der Waals surface area contributed by atoms with Gasteiger partial charge in [0.15, 0.2) is 0 Å². The largest absolute Gasteiger partial charge is 0.379 e.